The van der Waals surface area contributed by atoms with Gasteiger partial charge in [-0.05, 0) is 19.2 Å². The predicted molar refractivity (Wildman–Crippen MR) is 87.5 cm³/mol. The van der Waals surface area contributed by atoms with Crippen LogP contribution in [0.25, 0.3) is 11.0 Å². The Morgan fingerprint density at radius 2 is 2.10 bits per heavy atom. The number of nitrogens with one attached hydrogen (secondary N) is 2. The number of benzene rings is 1. The number of hydrogen-bond acceptors (Lipinski definition) is 3. The molecule has 0 saturated carbocycles. The van der Waals surface area contributed by atoms with E-state index in [1.54, 1.807) is 7.05 Å². The lowest BCUT2D eigenvalue weighted by Gasteiger charge is -2.10. The van der Waals surface area contributed by atoms with Crippen LogP contribution in [0.3, 0.4) is 0 Å². The van der Waals surface area contributed by atoms with Gasteiger partial charge in [-0.2, -0.15) is 11.8 Å². The second kappa shape index (κ2) is 7.24. The van der Waals surface area contributed by atoms with Crippen LogP contribution in [-0.2, 0) is 6.54 Å². The lowest BCUT2D eigenvalue weighted by atomic mass is 10.1. The van der Waals surface area contributed by atoms with Gasteiger partial charge >= 0.3 is 0 Å². The summed E-state index contributed by atoms with van der Waals surface area (Å²) in [6.45, 7) is 3.63. The van der Waals surface area contributed by atoms with Crippen LogP contribution >= 0.6 is 11.8 Å². The molecule has 4 nitrogen and oxygen atoms in total. The Hall–Kier alpha value is -1.62. The third-order valence-electron chi connectivity index (χ3n) is 3.18. The van der Waals surface area contributed by atoms with Crippen molar-refractivity contribution in [2.24, 2.45) is 4.99 Å². The van der Waals surface area contributed by atoms with Gasteiger partial charge in [-0.1, -0.05) is 18.2 Å². The number of furan rings is 1. The molecule has 0 amide bonds. The number of rotatable bonds is 5. The molecule has 0 fully saturated rings. The lowest BCUT2D eigenvalue weighted by Crippen LogP contribution is -2.37. The summed E-state index contributed by atoms with van der Waals surface area (Å²) >= 11 is 1.81. The van der Waals surface area contributed by atoms with Crippen LogP contribution in [0.1, 0.15) is 11.3 Å². The number of thioether (sulfide) groups is 1. The van der Waals surface area contributed by atoms with E-state index in [1.165, 1.54) is 10.9 Å². The van der Waals surface area contributed by atoms with Crippen LogP contribution in [-0.4, -0.2) is 31.6 Å². The first kappa shape index (κ1) is 14.8. The van der Waals surface area contributed by atoms with Gasteiger partial charge in [-0.3, -0.25) is 4.99 Å². The normalized spacial score (nSPS) is 11.8. The maximum Gasteiger partial charge on any atom is 0.191 e. The Balaban J connectivity index is 1.99. The quantitative estimate of drug-likeness (QED) is 0.505. The minimum atomic E-state index is 0.638. The highest BCUT2D eigenvalue weighted by molar-refractivity contribution is 7.98. The van der Waals surface area contributed by atoms with E-state index in [9.17, 15) is 0 Å². The van der Waals surface area contributed by atoms with Gasteiger partial charge in [0.05, 0.1) is 6.54 Å². The average molecular weight is 291 g/mol. The van der Waals surface area contributed by atoms with E-state index in [2.05, 4.69) is 34.9 Å². The van der Waals surface area contributed by atoms with E-state index in [0.717, 1.165) is 29.6 Å². The standard InChI is InChI=1S/C15H21N3OS/c1-11-12-6-4-5-7-13(12)19-14(11)10-18-15(16-2)17-8-9-20-3/h4-7H,8-10H2,1-3H3,(H2,16,17,18). The molecule has 0 aliphatic heterocycles. The molecule has 2 aromatic rings. The Bertz CT molecular complexity index is 592. The van der Waals surface area contributed by atoms with Crippen molar-refractivity contribution in [1.29, 1.82) is 0 Å². The number of hydrogen-bond donors (Lipinski definition) is 2. The van der Waals surface area contributed by atoms with E-state index in [1.807, 2.05) is 30.0 Å². The van der Waals surface area contributed by atoms with Crippen molar-refractivity contribution in [2.45, 2.75) is 13.5 Å². The molecular weight excluding hydrogens is 270 g/mol. The molecule has 2 rings (SSSR count). The third kappa shape index (κ3) is 3.48. The minimum absolute atomic E-state index is 0.638. The Labute approximate surface area is 124 Å². The van der Waals surface area contributed by atoms with E-state index in [-0.39, 0.29) is 0 Å². The first-order valence-corrected chi connectivity index (χ1v) is 8.06. The lowest BCUT2D eigenvalue weighted by molar-refractivity contribution is 0.535. The Morgan fingerprint density at radius 3 is 2.80 bits per heavy atom. The fourth-order valence-corrected chi connectivity index (χ4v) is 2.36. The molecule has 0 spiro atoms. The predicted octanol–water partition coefficient (Wildman–Crippen LogP) is 2.77. The maximum atomic E-state index is 5.87. The van der Waals surface area contributed by atoms with E-state index in [4.69, 9.17) is 4.42 Å². The van der Waals surface area contributed by atoms with Crippen LogP contribution in [0.2, 0.25) is 0 Å². The summed E-state index contributed by atoms with van der Waals surface area (Å²) < 4.78 is 5.87. The first-order chi connectivity index (χ1) is 9.76. The van der Waals surface area contributed by atoms with Gasteiger partial charge < -0.3 is 15.1 Å². The van der Waals surface area contributed by atoms with Crippen molar-refractivity contribution < 1.29 is 4.42 Å². The van der Waals surface area contributed by atoms with E-state index >= 15 is 0 Å². The fourth-order valence-electron chi connectivity index (χ4n) is 2.05. The topological polar surface area (TPSA) is 49.6 Å². The van der Waals surface area contributed by atoms with Crippen LogP contribution in [0.5, 0.6) is 0 Å². The summed E-state index contributed by atoms with van der Waals surface area (Å²) in [6, 6.07) is 8.11. The van der Waals surface area contributed by atoms with Crippen molar-refractivity contribution >= 4 is 28.7 Å². The van der Waals surface area contributed by atoms with Crippen molar-refractivity contribution in [2.75, 3.05) is 25.6 Å². The molecule has 5 heteroatoms. The Kier molecular flexibility index (Phi) is 5.35. The second-order valence-electron chi connectivity index (χ2n) is 4.49. The van der Waals surface area contributed by atoms with Crippen molar-refractivity contribution in [1.82, 2.24) is 10.6 Å². The zero-order valence-corrected chi connectivity index (χ0v) is 13.0. The van der Waals surface area contributed by atoms with Gasteiger partial charge in [0.1, 0.15) is 11.3 Å². The summed E-state index contributed by atoms with van der Waals surface area (Å²) in [5, 5.41) is 7.73. The summed E-state index contributed by atoms with van der Waals surface area (Å²) in [5.41, 5.74) is 2.12. The van der Waals surface area contributed by atoms with Gasteiger partial charge in [-0.25, -0.2) is 0 Å². The summed E-state index contributed by atoms with van der Waals surface area (Å²) in [7, 11) is 1.78. The highest BCUT2D eigenvalue weighted by atomic mass is 32.2. The number of guanidine groups is 1. The third-order valence-corrected chi connectivity index (χ3v) is 3.79. The van der Waals surface area contributed by atoms with E-state index in [0.29, 0.717) is 6.54 Å². The average Bonchev–Trinajstić information content (AvgIpc) is 2.80. The highest BCUT2D eigenvalue weighted by Crippen LogP contribution is 2.24. The summed E-state index contributed by atoms with van der Waals surface area (Å²) in [6.07, 6.45) is 2.09. The monoisotopic (exact) mass is 291 g/mol. The molecule has 0 unspecified atom stereocenters. The molecule has 0 bridgehead atoms. The fraction of sp³-hybridized carbons (Fsp3) is 0.400. The van der Waals surface area contributed by atoms with Crippen LogP contribution in [0.15, 0.2) is 33.7 Å². The van der Waals surface area contributed by atoms with Gasteiger partial charge in [0.25, 0.3) is 0 Å². The molecule has 1 aromatic carbocycles. The first-order valence-electron chi connectivity index (χ1n) is 6.66. The summed E-state index contributed by atoms with van der Waals surface area (Å²) in [5.74, 6) is 2.82. The van der Waals surface area contributed by atoms with Crippen molar-refractivity contribution in [3.8, 4) is 0 Å². The maximum absolute atomic E-state index is 5.87. The van der Waals surface area contributed by atoms with Crippen LogP contribution in [0.4, 0.5) is 0 Å². The molecule has 0 saturated heterocycles. The molecule has 0 radical (unpaired) electrons. The van der Waals surface area contributed by atoms with E-state index < -0.39 is 0 Å². The van der Waals surface area contributed by atoms with Crippen LogP contribution < -0.4 is 10.6 Å². The van der Waals surface area contributed by atoms with Gasteiger partial charge in [0, 0.05) is 30.3 Å². The molecule has 0 aliphatic carbocycles. The van der Waals surface area contributed by atoms with Crippen LogP contribution in [0, 0.1) is 6.92 Å². The number of aryl methyl sites for hydroxylation is 1. The molecule has 1 aromatic heterocycles. The SMILES string of the molecule is CN=C(NCCSC)NCc1oc2ccccc2c1C. The number of para-hydroxylation sites is 1. The molecule has 2 N–H and O–H groups in total. The number of aliphatic imine (C=N–C) groups is 1. The molecule has 20 heavy (non-hydrogen) atoms. The second-order valence-corrected chi connectivity index (χ2v) is 5.48. The largest absolute Gasteiger partial charge is 0.459 e. The van der Waals surface area contributed by atoms with Gasteiger partial charge in [0.2, 0.25) is 0 Å². The van der Waals surface area contributed by atoms with Crippen molar-refractivity contribution in [3.05, 3.63) is 35.6 Å². The molecule has 0 aliphatic rings. The summed E-state index contributed by atoms with van der Waals surface area (Å²) in [4.78, 5) is 4.20. The highest BCUT2D eigenvalue weighted by Gasteiger charge is 2.09. The van der Waals surface area contributed by atoms with Crippen molar-refractivity contribution in [3.63, 3.8) is 0 Å². The molecule has 108 valence electrons. The molecular formula is C15H21N3OS. The Morgan fingerprint density at radius 1 is 1.30 bits per heavy atom. The minimum Gasteiger partial charge on any atom is -0.459 e. The van der Waals surface area contributed by atoms with Gasteiger partial charge in [-0.15, -0.1) is 0 Å². The smallest absolute Gasteiger partial charge is 0.191 e. The number of fused-ring (bicyclic) bond motifs is 1. The van der Waals surface area contributed by atoms with Gasteiger partial charge in [0.15, 0.2) is 5.96 Å². The number of nitrogens with zero attached hydrogens (tertiary/aromatic N) is 1. The zero-order valence-electron chi connectivity index (χ0n) is 12.2. The molecule has 0 atom stereocenters. The zero-order chi connectivity index (χ0) is 14.4. The molecule has 1 heterocycles.